The third-order valence-electron chi connectivity index (χ3n) is 6.36. The number of hydrogen-bond donors (Lipinski definition) is 1. The zero-order valence-electron chi connectivity index (χ0n) is 20.9. The van der Waals surface area contributed by atoms with Gasteiger partial charge in [-0.1, -0.05) is 109 Å². The van der Waals surface area contributed by atoms with E-state index in [1.54, 1.807) is 11.3 Å². The van der Waals surface area contributed by atoms with Crippen molar-refractivity contribution >= 4 is 27.8 Å². The Bertz CT molecular complexity index is 1210. The number of benzene rings is 3. The predicted octanol–water partition coefficient (Wildman–Crippen LogP) is 9.41. The summed E-state index contributed by atoms with van der Waals surface area (Å²) in [5.74, 6) is 0.906. The van der Waals surface area contributed by atoms with Crippen molar-refractivity contribution in [1.82, 2.24) is 4.98 Å². The molecule has 3 aromatic carbocycles. The zero-order chi connectivity index (χ0) is 23.8. The van der Waals surface area contributed by atoms with Crippen molar-refractivity contribution in [2.75, 3.05) is 5.32 Å². The molecule has 0 aliphatic heterocycles. The summed E-state index contributed by atoms with van der Waals surface area (Å²) in [5, 5.41) is 9.85. The van der Waals surface area contributed by atoms with Gasteiger partial charge in [0.2, 0.25) is 0 Å². The van der Waals surface area contributed by atoms with Gasteiger partial charge in [0.15, 0.2) is 0 Å². The van der Waals surface area contributed by atoms with E-state index >= 15 is 0 Å². The summed E-state index contributed by atoms with van der Waals surface area (Å²) in [4.78, 5) is 5.20. The molecular formula is C30H36N2S. The molecule has 1 N–H and O–H groups in total. The summed E-state index contributed by atoms with van der Waals surface area (Å²) in [7, 11) is 0. The number of nitrogens with one attached hydrogen (secondary N) is 1. The van der Waals surface area contributed by atoms with Crippen LogP contribution in [0.3, 0.4) is 0 Å². The van der Waals surface area contributed by atoms with Gasteiger partial charge in [-0.05, 0) is 39.2 Å². The lowest BCUT2D eigenvalue weighted by molar-refractivity contribution is 0.346. The predicted molar refractivity (Wildman–Crippen MR) is 145 cm³/mol. The molecule has 33 heavy (non-hydrogen) atoms. The lowest BCUT2D eigenvalue weighted by Crippen LogP contribution is -2.27. The second-order valence-corrected chi connectivity index (χ2v) is 11.6. The first kappa shape index (κ1) is 23.5. The van der Waals surface area contributed by atoms with Gasteiger partial charge < -0.3 is 5.32 Å². The Labute approximate surface area is 203 Å². The van der Waals surface area contributed by atoms with E-state index < -0.39 is 0 Å². The Hall–Kier alpha value is -2.65. The maximum atomic E-state index is 5.20. The molecule has 0 saturated heterocycles. The SMILES string of the molecule is CC(C)c1cccc(C(C)C)c1NC(c1nc(-c2cccc3ccccc23)cs1)C(C)(C)C. The third kappa shape index (κ3) is 4.84. The average molecular weight is 457 g/mol. The Balaban J connectivity index is 1.78. The summed E-state index contributed by atoms with van der Waals surface area (Å²) < 4.78 is 0. The normalized spacial score (nSPS) is 13.1. The number of para-hydroxylation sites is 1. The van der Waals surface area contributed by atoms with Crippen LogP contribution in [0, 0.1) is 5.41 Å². The molecule has 0 saturated carbocycles. The first-order valence-electron chi connectivity index (χ1n) is 12.0. The first-order valence-corrected chi connectivity index (χ1v) is 12.9. The van der Waals surface area contributed by atoms with Crippen LogP contribution >= 0.6 is 11.3 Å². The molecule has 0 aliphatic carbocycles. The molecule has 0 amide bonds. The van der Waals surface area contributed by atoms with Gasteiger partial charge in [-0.3, -0.25) is 0 Å². The van der Waals surface area contributed by atoms with Crippen LogP contribution in [0.25, 0.3) is 22.0 Å². The molecule has 1 heterocycles. The summed E-state index contributed by atoms with van der Waals surface area (Å²) in [6, 6.07) is 21.9. The summed E-state index contributed by atoms with van der Waals surface area (Å²) in [6.45, 7) is 16.0. The van der Waals surface area contributed by atoms with Crippen LogP contribution < -0.4 is 5.32 Å². The highest BCUT2D eigenvalue weighted by molar-refractivity contribution is 7.10. The van der Waals surface area contributed by atoms with E-state index in [1.807, 2.05) is 0 Å². The van der Waals surface area contributed by atoms with Gasteiger partial charge in [-0.2, -0.15) is 0 Å². The van der Waals surface area contributed by atoms with Crippen molar-refractivity contribution < 1.29 is 0 Å². The standard InChI is InChI=1S/C30H36N2S/c1-19(2)22-15-11-16-23(20(3)4)27(22)32-28(30(5,6)7)29-31-26(18-33-29)25-17-10-13-21-12-8-9-14-24(21)25/h8-20,28,32H,1-7H3. The molecule has 0 aliphatic rings. The highest BCUT2D eigenvalue weighted by atomic mass is 32.1. The van der Waals surface area contributed by atoms with Gasteiger partial charge in [0, 0.05) is 16.6 Å². The second-order valence-electron chi connectivity index (χ2n) is 10.7. The molecule has 1 atom stereocenters. The van der Waals surface area contributed by atoms with Crippen molar-refractivity contribution in [2.45, 2.75) is 66.3 Å². The lowest BCUT2D eigenvalue weighted by Gasteiger charge is -2.33. The fourth-order valence-electron chi connectivity index (χ4n) is 4.50. The van der Waals surface area contributed by atoms with Crippen molar-refractivity contribution in [2.24, 2.45) is 5.41 Å². The quantitative estimate of drug-likeness (QED) is 0.312. The second kappa shape index (κ2) is 9.30. The van der Waals surface area contributed by atoms with Gasteiger partial charge in [-0.15, -0.1) is 11.3 Å². The van der Waals surface area contributed by atoms with E-state index in [0.717, 1.165) is 10.7 Å². The molecular weight excluding hydrogens is 420 g/mol. The van der Waals surface area contributed by atoms with E-state index in [0.29, 0.717) is 11.8 Å². The number of nitrogens with zero attached hydrogens (tertiary/aromatic N) is 1. The van der Waals surface area contributed by atoms with Crippen LogP contribution in [0.15, 0.2) is 66.0 Å². The number of hydrogen-bond acceptors (Lipinski definition) is 3. The molecule has 1 unspecified atom stereocenters. The highest BCUT2D eigenvalue weighted by Crippen LogP contribution is 2.42. The number of rotatable bonds is 6. The van der Waals surface area contributed by atoms with Crippen LogP contribution in [0.2, 0.25) is 0 Å². The molecule has 4 aromatic rings. The van der Waals surface area contributed by atoms with Crippen molar-refractivity contribution in [3.05, 3.63) is 82.2 Å². The van der Waals surface area contributed by atoms with E-state index in [2.05, 4.69) is 120 Å². The smallest absolute Gasteiger partial charge is 0.116 e. The van der Waals surface area contributed by atoms with E-state index in [4.69, 9.17) is 4.98 Å². The molecule has 3 heteroatoms. The monoisotopic (exact) mass is 456 g/mol. The van der Waals surface area contributed by atoms with Gasteiger partial charge in [-0.25, -0.2) is 4.98 Å². The number of aromatic nitrogens is 1. The Morgan fingerprint density at radius 3 is 2.03 bits per heavy atom. The first-order chi connectivity index (χ1) is 15.7. The van der Waals surface area contributed by atoms with E-state index in [1.165, 1.54) is 33.2 Å². The van der Waals surface area contributed by atoms with Crippen molar-refractivity contribution in [3.8, 4) is 11.3 Å². The van der Waals surface area contributed by atoms with Crippen LogP contribution in [-0.4, -0.2) is 4.98 Å². The van der Waals surface area contributed by atoms with Gasteiger partial charge in [0.1, 0.15) is 5.01 Å². The Morgan fingerprint density at radius 2 is 1.39 bits per heavy atom. The minimum absolute atomic E-state index is 0.00617. The largest absolute Gasteiger partial charge is 0.375 e. The van der Waals surface area contributed by atoms with Crippen LogP contribution in [0.5, 0.6) is 0 Å². The Kier molecular flexibility index (Phi) is 6.63. The number of thiazole rings is 1. The van der Waals surface area contributed by atoms with E-state index in [9.17, 15) is 0 Å². The molecule has 0 fully saturated rings. The average Bonchev–Trinajstić information content (AvgIpc) is 3.25. The molecule has 0 bridgehead atoms. The number of anilines is 1. The maximum Gasteiger partial charge on any atom is 0.116 e. The molecule has 1 aromatic heterocycles. The van der Waals surface area contributed by atoms with Gasteiger partial charge >= 0.3 is 0 Å². The fourth-order valence-corrected chi connectivity index (χ4v) is 5.62. The Morgan fingerprint density at radius 1 is 0.788 bits per heavy atom. The minimum Gasteiger partial charge on any atom is -0.375 e. The maximum absolute atomic E-state index is 5.20. The van der Waals surface area contributed by atoms with Crippen LogP contribution in [0.4, 0.5) is 5.69 Å². The summed E-state index contributed by atoms with van der Waals surface area (Å²) in [5.41, 5.74) is 6.30. The third-order valence-corrected chi connectivity index (χ3v) is 7.27. The minimum atomic E-state index is 0.00617. The molecule has 0 spiro atoms. The van der Waals surface area contributed by atoms with Gasteiger partial charge in [0.05, 0.1) is 11.7 Å². The topological polar surface area (TPSA) is 24.9 Å². The lowest BCUT2D eigenvalue weighted by atomic mass is 9.85. The summed E-state index contributed by atoms with van der Waals surface area (Å²) in [6.07, 6.45) is 0. The van der Waals surface area contributed by atoms with Crippen LogP contribution in [0.1, 0.15) is 82.5 Å². The number of fused-ring (bicyclic) bond motifs is 1. The summed E-state index contributed by atoms with van der Waals surface area (Å²) >= 11 is 1.76. The molecule has 4 rings (SSSR count). The molecule has 0 radical (unpaired) electrons. The molecule has 2 nitrogen and oxygen atoms in total. The highest BCUT2D eigenvalue weighted by Gasteiger charge is 2.31. The fraction of sp³-hybridized carbons (Fsp3) is 0.367. The van der Waals surface area contributed by atoms with Gasteiger partial charge in [0.25, 0.3) is 0 Å². The van der Waals surface area contributed by atoms with Crippen molar-refractivity contribution in [3.63, 3.8) is 0 Å². The van der Waals surface area contributed by atoms with Crippen molar-refractivity contribution in [1.29, 1.82) is 0 Å². The van der Waals surface area contributed by atoms with E-state index in [-0.39, 0.29) is 11.5 Å². The molecule has 172 valence electrons. The van der Waals surface area contributed by atoms with Crippen LogP contribution in [-0.2, 0) is 0 Å². The zero-order valence-corrected chi connectivity index (χ0v) is 21.8.